The monoisotopic (exact) mass is 318 g/mol. The van der Waals surface area contributed by atoms with Gasteiger partial charge < -0.3 is 9.14 Å². The molecule has 120 valence electrons. The second-order valence-electron chi connectivity index (χ2n) is 5.96. The number of benzene rings is 1. The highest BCUT2D eigenvalue weighted by atomic mass is 16.5. The first-order valence-electron chi connectivity index (χ1n) is 8.12. The van der Waals surface area contributed by atoms with Gasteiger partial charge in [-0.3, -0.25) is 0 Å². The van der Waals surface area contributed by atoms with Crippen LogP contribution in [0.2, 0.25) is 0 Å². The van der Waals surface area contributed by atoms with Gasteiger partial charge in [-0.1, -0.05) is 24.3 Å². The second kappa shape index (κ2) is 5.64. The Labute approximate surface area is 140 Å². The number of carbonyl (C=O) groups is 1. The van der Waals surface area contributed by atoms with E-state index in [1.807, 2.05) is 10.6 Å². The largest absolute Gasteiger partial charge is 0.462 e. The molecule has 0 radical (unpaired) electrons. The lowest BCUT2D eigenvalue weighted by Crippen LogP contribution is -2.05. The van der Waals surface area contributed by atoms with Crippen LogP contribution in [0.5, 0.6) is 0 Å². The molecule has 0 atom stereocenters. The minimum Gasteiger partial charge on any atom is -0.462 e. The number of esters is 1. The first-order valence-corrected chi connectivity index (χ1v) is 8.12. The summed E-state index contributed by atoms with van der Waals surface area (Å²) in [6.45, 7) is 4.23. The van der Waals surface area contributed by atoms with Gasteiger partial charge in [0.05, 0.1) is 17.9 Å². The van der Waals surface area contributed by atoms with Crippen molar-refractivity contribution in [1.29, 1.82) is 0 Å². The van der Waals surface area contributed by atoms with Gasteiger partial charge in [0.15, 0.2) is 0 Å². The van der Waals surface area contributed by atoms with E-state index in [0.717, 1.165) is 23.5 Å². The Morgan fingerprint density at radius 2 is 2.12 bits per heavy atom. The van der Waals surface area contributed by atoms with Gasteiger partial charge in [0.2, 0.25) is 0 Å². The lowest BCUT2D eigenvalue weighted by atomic mass is 10.1. The van der Waals surface area contributed by atoms with E-state index < -0.39 is 0 Å². The highest BCUT2D eigenvalue weighted by Crippen LogP contribution is 2.32. The van der Waals surface area contributed by atoms with Crippen molar-refractivity contribution in [3.8, 4) is 0 Å². The standard InChI is InChI=1S/C20H18N2O2/c1-3-24-20(23)16-8-9-22-13(2)19(21-18(22)12-16)17-10-14-6-4-5-7-15(14)11-17/h4-10,12H,3,11H2,1-2H3. The van der Waals surface area contributed by atoms with Crippen molar-refractivity contribution < 1.29 is 9.53 Å². The Bertz CT molecular complexity index is 982. The van der Waals surface area contributed by atoms with Gasteiger partial charge in [0, 0.05) is 18.3 Å². The number of fused-ring (bicyclic) bond motifs is 2. The van der Waals surface area contributed by atoms with Crippen LogP contribution in [0.15, 0.2) is 42.6 Å². The Kier molecular flexibility index (Phi) is 3.45. The molecular formula is C20H18N2O2. The van der Waals surface area contributed by atoms with Gasteiger partial charge in [-0.2, -0.15) is 0 Å². The van der Waals surface area contributed by atoms with E-state index in [1.54, 1.807) is 19.1 Å². The van der Waals surface area contributed by atoms with Crippen molar-refractivity contribution in [1.82, 2.24) is 9.38 Å². The number of imidazole rings is 1. The molecule has 4 heteroatoms. The van der Waals surface area contributed by atoms with Crippen LogP contribution in [-0.2, 0) is 11.2 Å². The Hall–Kier alpha value is -2.88. The van der Waals surface area contributed by atoms with Crippen molar-refractivity contribution in [2.45, 2.75) is 20.3 Å². The highest BCUT2D eigenvalue weighted by molar-refractivity contribution is 5.91. The van der Waals surface area contributed by atoms with E-state index in [-0.39, 0.29) is 5.97 Å². The van der Waals surface area contributed by atoms with Crippen LogP contribution in [0.3, 0.4) is 0 Å². The third-order valence-corrected chi connectivity index (χ3v) is 4.45. The number of ether oxygens (including phenoxy) is 1. The molecule has 24 heavy (non-hydrogen) atoms. The number of aryl methyl sites for hydroxylation is 1. The maximum Gasteiger partial charge on any atom is 0.338 e. The minimum atomic E-state index is -0.310. The molecule has 0 fully saturated rings. The van der Waals surface area contributed by atoms with Crippen molar-refractivity contribution in [3.05, 3.63) is 70.7 Å². The van der Waals surface area contributed by atoms with Crippen LogP contribution >= 0.6 is 0 Å². The average molecular weight is 318 g/mol. The molecule has 0 bridgehead atoms. The van der Waals surface area contributed by atoms with Gasteiger partial charge in [0.1, 0.15) is 5.65 Å². The molecule has 0 amide bonds. The highest BCUT2D eigenvalue weighted by Gasteiger charge is 2.19. The van der Waals surface area contributed by atoms with Crippen LogP contribution < -0.4 is 0 Å². The summed E-state index contributed by atoms with van der Waals surface area (Å²) in [5.74, 6) is -0.310. The third-order valence-electron chi connectivity index (χ3n) is 4.45. The zero-order valence-electron chi connectivity index (χ0n) is 13.7. The summed E-state index contributed by atoms with van der Waals surface area (Å²) in [6.07, 6.45) is 4.98. The molecule has 2 aromatic heterocycles. The normalized spacial score (nSPS) is 13.0. The zero-order chi connectivity index (χ0) is 16.7. The molecule has 3 aromatic rings. The van der Waals surface area contributed by atoms with Crippen molar-refractivity contribution in [3.63, 3.8) is 0 Å². The number of allylic oxidation sites excluding steroid dienone is 1. The Balaban J connectivity index is 1.76. The molecule has 1 aromatic carbocycles. The van der Waals surface area contributed by atoms with Gasteiger partial charge in [0.25, 0.3) is 0 Å². The quantitative estimate of drug-likeness (QED) is 0.688. The van der Waals surface area contributed by atoms with Crippen molar-refractivity contribution in [2.24, 2.45) is 0 Å². The number of carbonyl (C=O) groups excluding carboxylic acids is 1. The van der Waals surface area contributed by atoms with E-state index >= 15 is 0 Å². The van der Waals surface area contributed by atoms with Gasteiger partial charge >= 0.3 is 5.97 Å². The lowest BCUT2D eigenvalue weighted by Gasteiger charge is -2.02. The summed E-state index contributed by atoms with van der Waals surface area (Å²) in [6, 6.07) is 12.0. The first-order chi connectivity index (χ1) is 11.7. The molecule has 4 rings (SSSR count). The molecule has 4 nitrogen and oxygen atoms in total. The molecule has 2 heterocycles. The van der Waals surface area contributed by atoms with Gasteiger partial charge in [-0.15, -0.1) is 0 Å². The summed E-state index contributed by atoms with van der Waals surface area (Å²) < 4.78 is 7.08. The molecule has 0 aliphatic heterocycles. The maximum atomic E-state index is 11.9. The van der Waals surface area contributed by atoms with Crippen LogP contribution in [0.4, 0.5) is 0 Å². The fraction of sp³-hybridized carbons (Fsp3) is 0.200. The Morgan fingerprint density at radius 3 is 2.92 bits per heavy atom. The molecule has 1 aliphatic carbocycles. The van der Waals surface area contributed by atoms with Crippen LogP contribution in [-0.4, -0.2) is 22.0 Å². The molecule has 0 unspecified atom stereocenters. The predicted octanol–water partition coefficient (Wildman–Crippen LogP) is 3.92. The second-order valence-corrected chi connectivity index (χ2v) is 5.96. The minimum absolute atomic E-state index is 0.310. The molecule has 0 saturated carbocycles. The predicted molar refractivity (Wildman–Crippen MR) is 93.9 cm³/mol. The summed E-state index contributed by atoms with van der Waals surface area (Å²) in [4.78, 5) is 16.7. The van der Waals surface area contributed by atoms with E-state index in [0.29, 0.717) is 12.2 Å². The molecule has 1 aliphatic rings. The van der Waals surface area contributed by atoms with E-state index in [9.17, 15) is 4.79 Å². The number of rotatable bonds is 3. The molecule has 0 saturated heterocycles. The van der Waals surface area contributed by atoms with Gasteiger partial charge in [-0.05, 0) is 48.8 Å². The summed E-state index contributed by atoms with van der Waals surface area (Å²) in [7, 11) is 0. The number of hydrogen-bond donors (Lipinski definition) is 0. The smallest absolute Gasteiger partial charge is 0.338 e. The van der Waals surface area contributed by atoms with Crippen molar-refractivity contribution in [2.75, 3.05) is 6.61 Å². The zero-order valence-corrected chi connectivity index (χ0v) is 13.7. The topological polar surface area (TPSA) is 43.6 Å². The summed E-state index contributed by atoms with van der Waals surface area (Å²) in [5.41, 5.74) is 7.18. The average Bonchev–Trinajstić information content (AvgIpc) is 3.16. The SMILES string of the molecule is CCOC(=O)c1ccn2c(C)c(C3=Cc4ccccc4C3)nc2c1. The fourth-order valence-corrected chi connectivity index (χ4v) is 3.24. The van der Waals surface area contributed by atoms with E-state index in [4.69, 9.17) is 9.72 Å². The van der Waals surface area contributed by atoms with Crippen molar-refractivity contribution >= 4 is 23.3 Å². The number of aromatic nitrogens is 2. The maximum absolute atomic E-state index is 11.9. The molecule has 0 N–H and O–H groups in total. The third kappa shape index (κ3) is 2.31. The summed E-state index contributed by atoms with van der Waals surface area (Å²) in [5, 5.41) is 0. The fourth-order valence-electron chi connectivity index (χ4n) is 3.24. The van der Waals surface area contributed by atoms with Gasteiger partial charge in [-0.25, -0.2) is 9.78 Å². The Morgan fingerprint density at radius 1 is 1.29 bits per heavy atom. The number of pyridine rings is 1. The summed E-state index contributed by atoms with van der Waals surface area (Å²) >= 11 is 0. The van der Waals surface area contributed by atoms with E-state index in [1.165, 1.54) is 16.7 Å². The first kappa shape index (κ1) is 14.7. The number of nitrogens with zero attached hydrogens (tertiary/aromatic N) is 2. The number of hydrogen-bond acceptors (Lipinski definition) is 3. The molecular weight excluding hydrogens is 300 g/mol. The van der Waals surface area contributed by atoms with Crippen LogP contribution in [0.1, 0.15) is 39.8 Å². The van der Waals surface area contributed by atoms with E-state index in [2.05, 4.69) is 37.3 Å². The van der Waals surface area contributed by atoms with Crippen LogP contribution in [0, 0.1) is 6.92 Å². The lowest BCUT2D eigenvalue weighted by molar-refractivity contribution is 0.0526. The molecule has 0 spiro atoms. The van der Waals surface area contributed by atoms with Crippen LogP contribution in [0.25, 0.3) is 17.3 Å².